The van der Waals surface area contributed by atoms with Gasteiger partial charge in [0.2, 0.25) is 0 Å². The number of hydrogen-bond donors (Lipinski definition) is 2. The first kappa shape index (κ1) is 12.7. The predicted molar refractivity (Wildman–Crippen MR) is 69.7 cm³/mol. The molecule has 6 heteroatoms. The summed E-state index contributed by atoms with van der Waals surface area (Å²) in [7, 11) is 0. The van der Waals surface area contributed by atoms with Gasteiger partial charge in [-0.15, -0.1) is 0 Å². The van der Waals surface area contributed by atoms with Crippen molar-refractivity contribution in [3.63, 3.8) is 0 Å². The zero-order valence-corrected chi connectivity index (χ0v) is 10.9. The van der Waals surface area contributed by atoms with Crippen molar-refractivity contribution in [2.75, 3.05) is 6.54 Å². The van der Waals surface area contributed by atoms with E-state index in [2.05, 4.69) is 15.3 Å². The van der Waals surface area contributed by atoms with Crippen LogP contribution in [0.3, 0.4) is 0 Å². The molecule has 0 aliphatic rings. The Hall–Kier alpha value is -1.75. The van der Waals surface area contributed by atoms with Crippen LogP contribution in [0.25, 0.3) is 0 Å². The molecular weight excluding hydrogens is 252 g/mol. The fourth-order valence-corrected chi connectivity index (χ4v) is 1.97. The van der Waals surface area contributed by atoms with Crippen LogP contribution in [0, 0.1) is 0 Å². The highest BCUT2D eigenvalue weighted by Crippen LogP contribution is 2.13. The Morgan fingerprint density at radius 1 is 1.61 bits per heavy atom. The van der Waals surface area contributed by atoms with Crippen LogP contribution in [-0.2, 0) is 13.0 Å². The van der Waals surface area contributed by atoms with E-state index in [9.17, 15) is 4.79 Å². The summed E-state index contributed by atoms with van der Waals surface area (Å²) < 4.78 is 1.83. The smallest absolute Gasteiger partial charge is 0.267 e. The number of carbonyl (C=O) groups excluding carboxylic acids is 1. The number of aromatic amines is 1. The monoisotopic (exact) mass is 266 g/mol. The molecule has 2 N–H and O–H groups in total. The van der Waals surface area contributed by atoms with Crippen molar-refractivity contribution < 1.29 is 4.79 Å². The molecule has 0 bridgehead atoms. The fourth-order valence-electron chi connectivity index (χ4n) is 1.75. The third kappa shape index (κ3) is 2.92. The Morgan fingerprint density at radius 3 is 3.11 bits per heavy atom. The summed E-state index contributed by atoms with van der Waals surface area (Å²) in [5, 5.41) is 3.44. The number of hydrogen-bond acceptors (Lipinski definition) is 2. The minimum atomic E-state index is -0.108. The number of halogens is 1. The summed E-state index contributed by atoms with van der Waals surface area (Å²) in [5.74, 6) is -0.108. The lowest BCUT2D eigenvalue weighted by atomic mass is 10.3. The van der Waals surface area contributed by atoms with Gasteiger partial charge in [0.25, 0.3) is 5.91 Å². The lowest BCUT2D eigenvalue weighted by Gasteiger charge is -2.06. The molecule has 0 unspecified atom stereocenters. The number of H-pyrrole nitrogens is 1. The summed E-state index contributed by atoms with van der Waals surface area (Å²) >= 11 is 5.89. The first-order chi connectivity index (χ1) is 8.70. The third-order valence-corrected chi connectivity index (χ3v) is 2.88. The molecule has 0 aliphatic heterocycles. The SMILES string of the molecule is CCn1cc(Cl)cc1C(=O)NCCc1cnc[nH]1. The maximum atomic E-state index is 11.9. The van der Waals surface area contributed by atoms with Crippen molar-refractivity contribution in [2.45, 2.75) is 19.9 Å². The molecule has 2 rings (SSSR count). The van der Waals surface area contributed by atoms with Gasteiger partial charge in [-0.2, -0.15) is 0 Å². The van der Waals surface area contributed by atoms with Crippen molar-refractivity contribution in [3.8, 4) is 0 Å². The van der Waals surface area contributed by atoms with Gasteiger partial charge in [-0.1, -0.05) is 11.6 Å². The highest BCUT2D eigenvalue weighted by molar-refractivity contribution is 6.31. The minimum absolute atomic E-state index is 0.108. The van der Waals surface area contributed by atoms with E-state index >= 15 is 0 Å². The molecule has 0 spiro atoms. The number of aryl methyl sites for hydroxylation is 1. The highest BCUT2D eigenvalue weighted by Gasteiger charge is 2.11. The van der Waals surface area contributed by atoms with Crippen LogP contribution in [0.4, 0.5) is 0 Å². The Balaban J connectivity index is 1.91. The van der Waals surface area contributed by atoms with Crippen LogP contribution in [0.1, 0.15) is 23.1 Å². The number of nitrogens with zero attached hydrogens (tertiary/aromatic N) is 2. The van der Waals surface area contributed by atoms with Crippen molar-refractivity contribution in [1.82, 2.24) is 19.9 Å². The topological polar surface area (TPSA) is 62.7 Å². The number of rotatable bonds is 5. The Bertz CT molecular complexity index is 518. The van der Waals surface area contributed by atoms with E-state index < -0.39 is 0 Å². The van der Waals surface area contributed by atoms with E-state index in [0.717, 1.165) is 18.7 Å². The molecule has 0 radical (unpaired) electrons. The van der Waals surface area contributed by atoms with Crippen LogP contribution >= 0.6 is 11.6 Å². The molecule has 2 heterocycles. The van der Waals surface area contributed by atoms with Crippen molar-refractivity contribution in [2.24, 2.45) is 0 Å². The van der Waals surface area contributed by atoms with Crippen LogP contribution in [0.5, 0.6) is 0 Å². The van der Waals surface area contributed by atoms with Crippen LogP contribution < -0.4 is 5.32 Å². The summed E-state index contributed by atoms with van der Waals surface area (Å²) in [6, 6.07) is 1.68. The number of nitrogens with one attached hydrogen (secondary N) is 2. The Morgan fingerprint density at radius 2 is 2.44 bits per heavy atom. The first-order valence-corrected chi connectivity index (χ1v) is 6.19. The van der Waals surface area contributed by atoms with Gasteiger partial charge in [0.15, 0.2) is 0 Å². The van der Waals surface area contributed by atoms with Gasteiger partial charge in [-0.05, 0) is 13.0 Å². The summed E-state index contributed by atoms with van der Waals surface area (Å²) in [6.07, 6.45) is 5.86. The largest absolute Gasteiger partial charge is 0.350 e. The molecule has 2 aromatic heterocycles. The van der Waals surface area contributed by atoms with E-state index in [1.165, 1.54) is 0 Å². The van der Waals surface area contributed by atoms with Crippen LogP contribution in [0.15, 0.2) is 24.8 Å². The molecule has 0 saturated carbocycles. The summed E-state index contributed by atoms with van der Waals surface area (Å²) in [5.41, 5.74) is 1.59. The van der Waals surface area contributed by atoms with Crippen molar-refractivity contribution >= 4 is 17.5 Å². The molecule has 0 fully saturated rings. The molecule has 0 saturated heterocycles. The van der Waals surface area contributed by atoms with Crippen molar-refractivity contribution in [3.05, 3.63) is 41.2 Å². The standard InChI is InChI=1S/C12H15ClN4O/c1-2-17-7-9(13)5-11(17)12(18)15-4-3-10-6-14-8-16-10/h5-8H,2-4H2,1H3,(H,14,16)(H,15,18). The first-order valence-electron chi connectivity index (χ1n) is 5.82. The Kier molecular flexibility index (Phi) is 4.04. The van der Waals surface area contributed by atoms with E-state index in [-0.39, 0.29) is 5.91 Å². The quantitative estimate of drug-likeness (QED) is 0.868. The van der Waals surface area contributed by atoms with Gasteiger partial charge in [0.05, 0.1) is 11.3 Å². The van der Waals surface area contributed by atoms with Gasteiger partial charge in [0, 0.05) is 37.6 Å². The molecule has 2 aromatic rings. The average molecular weight is 267 g/mol. The van der Waals surface area contributed by atoms with Gasteiger partial charge < -0.3 is 14.9 Å². The van der Waals surface area contributed by atoms with E-state index in [4.69, 9.17) is 11.6 Å². The van der Waals surface area contributed by atoms with Crippen molar-refractivity contribution in [1.29, 1.82) is 0 Å². The van der Waals surface area contributed by atoms with Gasteiger partial charge in [0.1, 0.15) is 5.69 Å². The second kappa shape index (κ2) is 5.73. The second-order valence-electron chi connectivity index (χ2n) is 3.91. The molecule has 5 nitrogen and oxygen atoms in total. The zero-order valence-electron chi connectivity index (χ0n) is 10.1. The molecule has 1 amide bonds. The second-order valence-corrected chi connectivity index (χ2v) is 4.35. The van der Waals surface area contributed by atoms with E-state index in [1.54, 1.807) is 24.8 Å². The number of imidazole rings is 1. The number of amides is 1. The van der Waals surface area contributed by atoms with E-state index in [0.29, 0.717) is 17.3 Å². The average Bonchev–Trinajstić information content (AvgIpc) is 2.98. The number of carbonyl (C=O) groups is 1. The van der Waals surface area contributed by atoms with Crippen LogP contribution in [-0.4, -0.2) is 27.0 Å². The normalized spacial score (nSPS) is 10.6. The Labute approximate surface area is 110 Å². The van der Waals surface area contributed by atoms with Gasteiger partial charge in [-0.25, -0.2) is 4.98 Å². The molecule has 0 aliphatic carbocycles. The molecule has 0 aromatic carbocycles. The van der Waals surface area contributed by atoms with E-state index in [1.807, 2.05) is 11.5 Å². The lowest BCUT2D eigenvalue weighted by molar-refractivity contribution is 0.0945. The summed E-state index contributed by atoms with van der Waals surface area (Å²) in [4.78, 5) is 18.9. The molecule has 18 heavy (non-hydrogen) atoms. The maximum absolute atomic E-state index is 11.9. The summed E-state index contributed by atoms with van der Waals surface area (Å²) in [6.45, 7) is 3.25. The van der Waals surface area contributed by atoms with Gasteiger partial charge >= 0.3 is 0 Å². The highest BCUT2D eigenvalue weighted by atomic mass is 35.5. The lowest BCUT2D eigenvalue weighted by Crippen LogP contribution is -2.27. The number of aromatic nitrogens is 3. The molecular formula is C12H15ClN4O. The van der Waals surface area contributed by atoms with Gasteiger partial charge in [-0.3, -0.25) is 4.79 Å². The molecule has 96 valence electrons. The van der Waals surface area contributed by atoms with Crippen LogP contribution in [0.2, 0.25) is 5.02 Å². The zero-order chi connectivity index (χ0) is 13.0. The minimum Gasteiger partial charge on any atom is -0.350 e. The third-order valence-electron chi connectivity index (χ3n) is 2.67. The maximum Gasteiger partial charge on any atom is 0.267 e. The molecule has 0 atom stereocenters. The predicted octanol–water partition coefficient (Wildman–Crippen LogP) is 1.86. The fraction of sp³-hybridized carbons (Fsp3) is 0.333.